The molecule has 22 heavy (non-hydrogen) atoms. The molecule has 5 heteroatoms. The second-order valence-electron chi connectivity index (χ2n) is 5.63. The predicted octanol–water partition coefficient (Wildman–Crippen LogP) is 3.95. The number of rotatable bonds is 5. The third-order valence-corrected chi connectivity index (χ3v) is 5.17. The third-order valence-electron chi connectivity index (χ3n) is 4.07. The van der Waals surface area contributed by atoms with Crippen molar-refractivity contribution in [2.75, 3.05) is 12.8 Å². The molecule has 0 bridgehead atoms. The van der Waals surface area contributed by atoms with Gasteiger partial charge in [-0.15, -0.1) is 24.0 Å². The highest BCUT2D eigenvalue weighted by atomic mass is 127. The Kier molecular flexibility index (Phi) is 9.24. The summed E-state index contributed by atoms with van der Waals surface area (Å²) >= 11 is 1.99. The molecule has 1 aliphatic carbocycles. The highest BCUT2D eigenvalue weighted by Gasteiger charge is 2.24. The van der Waals surface area contributed by atoms with Crippen molar-refractivity contribution in [1.82, 2.24) is 10.6 Å². The maximum atomic E-state index is 4.75. The van der Waals surface area contributed by atoms with Crippen LogP contribution in [-0.4, -0.2) is 30.1 Å². The van der Waals surface area contributed by atoms with E-state index in [1.54, 1.807) is 0 Å². The lowest BCUT2D eigenvalue weighted by Crippen LogP contribution is -2.42. The molecule has 1 aliphatic rings. The van der Waals surface area contributed by atoms with Gasteiger partial charge in [-0.05, 0) is 50.5 Å². The van der Waals surface area contributed by atoms with Crippen molar-refractivity contribution in [3.63, 3.8) is 0 Å². The van der Waals surface area contributed by atoms with Gasteiger partial charge in [0.15, 0.2) is 5.96 Å². The van der Waals surface area contributed by atoms with Crippen LogP contribution in [0.5, 0.6) is 0 Å². The van der Waals surface area contributed by atoms with E-state index in [0.717, 1.165) is 24.3 Å². The lowest BCUT2D eigenvalue weighted by atomic mass is 10.1. The molecule has 1 fully saturated rings. The van der Waals surface area contributed by atoms with E-state index in [9.17, 15) is 0 Å². The van der Waals surface area contributed by atoms with Crippen molar-refractivity contribution < 1.29 is 0 Å². The first kappa shape index (κ1) is 19.6. The van der Waals surface area contributed by atoms with Crippen molar-refractivity contribution in [2.45, 2.75) is 50.9 Å². The van der Waals surface area contributed by atoms with Gasteiger partial charge in [0.25, 0.3) is 0 Å². The highest BCUT2D eigenvalue weighted by molar-refractivity contribution is 14.0. The maximum Gasteiger partial charge on any atom is 0.191 e. The second kappa shape index (κ2) is 10.4. The van der Waals surface area contributed by atoms with Crippen LogP contribution in [0.15, 0.2) is 29.3 Å². The van der Waals surface area contributed by atoms with Crippen LogP contribution in [0, 0.1) is 6.92 Å². The van der Waals surface area contributed by atoms with Crippen LogP contribution in [0.25, 0.3) is 0 Å². The minimum absolute atomic E-state index is 0. The summed E-state index contributed by atoms with van der Waals surface area (Å²) in [4.78, 5) is 4.75. The number of hydrogen-bond acceptors (Lipinski definition) is 2. The zero-order chi connectivity index (χ0) is 15.1. The molecule has 0 saturated heterocycles. The number of nitrogens with one attached hydrogen (secondary N) is 2. The van der Waals surface area contributed by atoms with Crippen LogP contribution in [0.1, 0.15) is 37.3 Å². The number of benzene rings is 1. The molecule has 0 radical (unpaired) electrons. The number of aryl methyl sites for hydroxylation is 1. The Morgan fingerprint density at radius 2 is 2.09 bits per heavy atom. The quantitative estimate of drug-likeness (QED) is 0.420. The number of nitrogens with zero attached hydrogens (tertiary/aromatic N) is 1. The standard InChI is InChI=1S/C17H27N3S.HI/c1-4-18-17(20-15-9-10-16(11-15)21-3)19-12-14-8-6-5-7-13(14)2;/h5-8,15-16H,4,9-12H2,1-3H3,(H2,18,19,20);1H. The molecule has 2 N–H and O–H groups in total. The fourth-order valence-corrected chi connectivity index (χ4v) is 3.55. The SMILES string of the molecule is CCNC(=NCc1ccccc1C)NC1CCC(SC)C1.I. The van der Waals surface area contributed by atoms with Crippen LogP contribution in [-0.2, 0) is 6.54 Å². The Bertz CT molecular complexity index is 479. The normalized spacial score (nSPS) is 21.3. The molecule has 2 unspecified atom stereocenters. The molecule has 3 nitrogen and oxygen atoms in total. The Hall–Kier alpha value is -0.430. The Morgan fingerprint density at radius 1 is 1.32 bits per heavy atom. The second-order valence-corrected chi connectivity index (χ2v) is 6.77. The van der Waals surface area contributed by atoms with Crippen molar-refractivity contribution in [3.8, 4) is 0 Å². The predicted molar refractivity (Wildman–Crippen MR) is 109 cm³/mol. The Morgan fingerprint density at radius 3 is 2.73 bits per heavy atom. The molecule has 0 amide bonds. The van der Waals surface area contributed by atoms with Gasteiger partial charge in [-0.25, -0.2) is 4.99 Å². The lowest BCUT2D eigenvalue weighted by Gasteiger charge is -2.17. The van der Waals surface area contributed by atoms with Crippen LogP contribution < -0.4 is 10.6 Å². The van der Waals surface area contributed by atoms with Gasteiger partial charge in [-0.1, -0.05) is 24.3 Å². The molecule has 124 valence electrons. The van der Waals surface area contributed by atoms with Gasteiger partial charge in [0.2, 0.25) is 0 Å². The summed E-state index contributed by atoms with van der Waals surface area (Å²) in [5, 5.41) is 7.77. The topological polar surface area (TPSA) is 36.4 Å². The molecule has 2 rings (SSSR count). The molecule has 1 saturated carbocycles. The summed E-state index contributed by atoms with van der Waals surface area (Å²) in [7, 11) is 0. The van der Waals surface area contributed by atoms with E-state index in [1.807, 2.05) is 11.8 Å². The van der Waals surface area contributed by atoms with Crippen LogP contribution >= 0.6 is 35.7 Å². The van der Waals surface area contributed by atoms with Crippen molar-refractivity contribution >= 4 is 41.7 Å². The molecule has 0 aromatic heterocycles. The summed E-state index contributed by atoms with van der Waals surface area (Å²) in [5.41, 5.74) is 2.60. The van der Waals surface area contributed by atoms with Gasteiger partial charge in [0, 0.05) is 17.8 Å². The zero-order valence-electron chi connectivity index (χ0n) is 13.8. The smallest absolute Gasteiger partial charge is 0.191 e. The first-order chi connectivity index (χ1) is 10.2. The highest BCUT2D eigenvalue weighted by Crippen LogP contribution is 2.28. The third kappa shape index (κ3) is 5.99. The number of thioether (sulfide) groups is 1. The van der Waals surface area contributed by atoms with E-state index in [2.05, 4.69) is 55.0 Å². The number of hydrogen-bond donors (Lipinski definition) is 2. The van der Waals surface area contributed by atoms with Crippen LogP contribution in [0.3, 0.4) is 0 Å². The zero-order valence-corrected chi connectivity index (χ0v) is 16.9. The van der Waals surface area contributed by atoms with Gasteiger partial charge in [0.05, 0.1) is 6.54 Å². The molecule has 0 spiro atoms. The Balaban J connectivity index is 0.00000242. The van der Waals surface area contributed by atoms with Crippen LogP contribution in [0.2, 0.25) is 0 Å². The summed E-state index contributed by atoms with van der Waals surface area (Å²) in [6, 6.07) is 9.02. The fourth-order valence-electron chi connectivity index (χ4n) is 2.75. The summed E-state index contributed by atoms with van der Waals surface area (Å²) < 4.78 is 0. The number of aliphatic imine (C=N–C) groups is 1. The lowest BCUT2D eigenvalue weighted by molar-refractivity contribution is 0.615. The van der Waals surface area contributed by atoms with E-state index < -0.39 is 0 Å². The molecule has 1 aromatic rings. The van der Waals surface area contributed by atoms with Crippen molar-refractivity contribution in [3.05, 3.63) is 35.4 Å². The van der Waals surface area contributed by atoms with Gasteiger partial charge < -0.3 is 10.6 Å². The minimum atomic E-state index is 0. The molecular weight excluding hydrogens is 405 g/mol. The van der Waals surface area contributed by atoms with Gasteiger partial charge >= 0.3 is 0 Å². The molecular formula is C17H28IN3S. The van der Waals surface area contributed by atoms with Crippen molar-refractivity contribution in [1.29, 1.82) is 0 Å². The van der Waals surface area contributed by atoms with E-state index in [1.165, 1.54) is 30.4 Å². The van der Waals surface area contributed by atoms with Gasteiger partial charge in [0.1, 0.15) is 0 Å². The first-order valence-corrected chi connectivity index (χ1v) is 9.13. The van der Waals surface area contributed by atoms with E-state index in [0.29, 0.717) is 6.04 Å². The van der Waals surface area contributed by atoms with E-state index in [4.69, 9.17) is 4.99 Å². The molecule has 1 aromatic carbocycles. The number of guanidine groups is 1. The van der Waals surface area contributed by atoms with E-state index >= 15 is 0 Å². The summed E-state index contributed by atoms with van der Waals surface area (Å²) in [5.74, 6) is 0.951. The molecule has 2 atom stereocenters. The first-order valence-electron chi connectivity index (χ1n) is 7.85. The van der Waals surface area contributed by atoms with E-state index in [-0.39, 0.29) is 24.0 Å². The van der Waals surface area contributed by atoms with Crippen molar-refractivity contribution in [2.24, 2.45) is 4.99 Å². The number of halogens is 1. The minimum Gasteiger partial charge on any atom is -0.357 e. The molecule has 0 aliphatic heterocycles. The van der Waals surface area contributed by atoms with Gasteiger partial charge in [-0.3, -0.25) is 0 Å². The fraction of sp³-hybridized carbons (Fsp3) is 0.588. The average molecular weight is 433 g/mol. The molecule has 0 heterocycles. The van der Waals surface area contributed by atoms with Gasteiger partial charge in [-0.2, -0.15) is 11.8 Å². The average Bonchev–Trinajstić information content (AvgIpc) is 2.94. The maximum absolute atomic E-state index is 4.75. The summed E-state index contributed by atoms with van der Waals surface area (Å²) in [6.07, 6.45) is 6.02. The van der Waals surface area contributed by atoms with Crippen LogP contribution in [0.4, 0.5) is 0 Å². The monoisotopic (exact) mass is 433 g/mol. The summed E-state index contributed by atoms with van der Waals surface area (Å²) in [6.45, 7) is 5.90. The largest absolute Gasteiger partial charge is 0.357 e. The Labute approximate surface area is 156 Å².